The molecular formula is C23H38O7. The first-order valence-electron chi connectivity index (χ1n) is 10.4. The Kier molecular flexibility index (Phi) is 10.7. The van der Waals surface area contributed by atoms with Crippen LogP contribution in [0.25, 0.3) is 0 Å². The normalized spacial score (nSPS) is 25.9. The lowest BCUT2D eigenvalue weighted by Crippen LogP contribution is -2.46. The first-order valence-corrected chi connectivity index (χ1v) is 10.4. The molecule has 0 N–H and O–H groups in total. The fourth-order valence-corrected chi connectivity index (χ4v) is 2.93. The number of ether oxygens (including phenoxy) is 5. The van der Waals surface area contributed by atoms with E-state index < -0.39 is 41.8 Å². The molecule has 0 aromatic heterocycles. The fraction of sp³-hybridized carbons (Fsp3) is 0.739. The van der Waals surface area contributed by atoms with Gasteiger partial charge in [-0.15, -0.1) is 0 Å². The Morgan fingerprint density at radius 1 is 1.13 bits per heavy atom. The van der Waals surface area contributed by atoms with E-state index in [4.69, 9.17) is 23.7 Å². The molecule has 0 amide bonds. The number of rotatable bonds is 8. The van der Waals surface area contributed by atoms with E-state index in [2.05, 4.69) is 13.2 Å². The summed E-state index contributed by atoms with van der Waals surface area (Å²) in [6, 6.07) is 0. The summed E-state index contributed by atoms with van der Waals surface area (Å²) in [5.74, 6) is -1.55. The molecule has 1 fully saturated rings. The van der Waals surface area contributed by atoms with E-state index in [1.54, 1.807) is 27.7 Å². The van der Waals surface area contributed by atoms with Crippen LogP contribution in [0.3, 0.4) is 0 Å². The highest BCUT2D eigenvalue weighted by molar-refractivity contribution is 5.80. The summed E-state index contributed by atoms with van der Waals surface area (Å²) >= 11 is 0. The maximum absolute atomic E-state index is 12.8. The third-order valence-corrected chi connectivity index (χ3v) is 4.26. The zero-order valence-electron chi connectivity index (χ0n) is 19.3. The first kappa shape index (κ1) is 26.3. The molecule has 0 aromatic rings. The molecule has 1 heterocycles. The molecule has 7 nitrogen and oxygen atoms in total. The molecular weight excluding hydrogens is 388 g/mol. The van der Waals surface area contributed by atoms with Crippen LogP contribution in [0.5, 0.6) is 0 Å². The number of hydrogen-bond acceptors (Lipinski definition) is 7. The lowest BCUT2D eigenvalue weighted by Gasteiger charge is -2.33. The molecule has 0 unspecified atom stereocenters. The predicted octanol–water partition coefficient (Wildman–Crippen LogP) is 3.61. The van der Waals surface area contributed by atoms with Crippen molar-refractivity contribution in [3.8, 4) is 0 Å². The maximum atomic E-state index is 12.8. The molecule has 0 aromatic carbocycles. The van der Waals surface area contributed by atoms with E-state index in [0.717, 1.165) is 11.1 Å². The van der Waals surface area contributed by atoms with E-state index in [-0.39, 0.29) is 19.6 Å². The van der Waals surface area contributed by atoms with Crippen molar-refractivity contribution in [2.24, 2.45) is 5.92 Å². The fourth-order valence-electron chi connectivity index (χ4n) is 2.93. The minimum Gasteiger partial charge on any atom is -0.460 e. The van der Waals surface area contributed by atoms with Crippen LogP contribution in [0.15, 0.2) is 24.3 Å². The van der Waals surface area contributed by atoms with Crippen LogP contribution in [-0.2, 0) is 33.3 Å². The van der Waals surface area contributed by atoms with Gasteiger partial charge in [0.25, 0.3) is 0 Å². The molecule has 1 saturated heterocycles. The molecule has 0 bridgehead atoms. The van der Waals surface area contributed by atoms with Gasteiger partial charge in [-0.1, -0.05) is 24.3 Å². The summed E-state index contributed by atoms with van der Waals surface area (Å²) in [6.45, 7) is 19.8. The summed E-state index contributed by atoms with van der Waals surface area (Å²) < 4.78 is 28.7. The lowest BCUT2D eigenvalue weighted by molar-refractivity contribution is -0.181. The Bertz CT molecular complexity index is 605. The van der Waals surface area contributed by atoms with Gasteiger partial charge in [0.05, 0.1) is 32.2 Å². The van der Waals surface area contributed by atoms with Crippen molar-refractivity contribution >= 4 is 11.9 Å². The van der Waals surface area contributed by atoms with Gasteiger partial charge in [-0.05, 0) is 48.0 Å². The highest BCUT2D eigenvalue weighted by Gasteiger charge is 2.35. The second-order valence-corrected chi connectivity index (χ2v) is 9.03. The Morgan fingerprint density at radius 2 is 1.73 bits per heavy atom. The van der Waals surface area contributed by atoms with Gasteiger partial charge in [0, 0.05) is 6.61 Å². The molecule has 172 valence electrons. The van der Waals surface area contributed by atoms with Crippen LogP contribution in [0.4, 0.5) is 0 Å². The van der Waals surface area contributed by atoms with Gasteiger partial charge < -0.3 is 23.7 Å². The lowest BCUT2D eigenvalue weighted by atomic mass is 10.0. The molecule has 30 heavy (non-hydrogen) atoms. The monoisotopic (exact) mass is 426 g/mol. The van der Waals surface area contributed by atoms with Crippen molar-refractivity contribution < 1.29 is 33.3 Å². The molecule has 0 saturated carbocycles. The standard InChI is InChI=1S/C23H38O7/c1-15(2)12-27-19-14-26-10-9-18(11-20(24)30-23(6,7)8)22(25)29-17(5)21(19)28-13-16(3)4/h17-19,21H,1,3,9-14H2,2,4-8H3/t17-,18+,19-,21-/m0/s1. The highest BCUT2D eigenvalue weighted by atomic mass is 16.6. The van der Waals surface area contributed by atoms with E-state index in [1.165, 1.54) is 0 Å². The Labute approximate surface area is 180 Å². The number of cyclic esters (lactones) is 1. The van der Waals surface area contributed by atoms with Gasteiger partial charge in [0.1, 0.15) is 23.9 Å². The second-order valence-electron chi connectivity index (χ2n) is 9.03. The minimum atomic E-state index is -0.642. The predicted molar refractivity (Wildman–Crippen MR) is 114 cm³/mol. The molecule has 0 spiro atoms. The average Bonchev–Trinajstić information content (AvgIpc) is 2.58. The molecule has 0 radical (unpaired) electrons. The molecule has 1 aliphatic heterocycles. The minimum absolute atomic E-state index is 0.0565. The molecule has 4 atom stereocenters. The topological polar surface area (TPSA) is 80.3 Å². The molecule has 0 aliphatic carbocycles. The molecule has 1 rings (SSSR count). The summed E-state index contributed by atoms with van der Waals surface area (Å²) in [5, 5.41) is 0. The Hall–Kier alpha value is -1.70. The van der Waals surface area contributed by atoms with Crippen LogP contribution in [0, 0.1) is 5.92 Å². The smallest absolute Gasteiger partial charge is 0.309 e. The first-order chi connectivity index (χ1) is 13.9. The van der Waals surface area contributed by atoms with Crippen molar-refractivity contribution in [2.75, 3.05) is 26.4 Å². The van der Waals surface area contributed by atoms with Crippen molar-refractivity contribution in [3.05, 3.63) is 24.3 Å². The Morgan fingerprint density at radius 3 is 2.30 bits per heavy atom. The van der Waals surface area contributed by atoms with E-state index in [0.29, 0.717) is 19.6 Å². The van der Waals surface area contributed by atoms with Crippen LogP contribution in [-0.4, -0.2) is 62.3 Å². The van der Waals surface area contributed by atoms with Crippen LogP contribution in [0.2, 0.25) is 0 Å². The van der Waals surface area contributed by atoms with Crippen LogP contribution < -0.4 is 0 Å². The number of carbonyl (C=O) groups excluding carboxylic acids is 2. The quantitative estimate of drug-likeness (QED) is 0.433. The largest absolute Gasteiger partial charge is 0.460 e. The number of hydrogen-bond donors (Lipinski definition) is 0. The third-order valence-electron chi connectivity index (χ3n) is 4.26. The van der Waals surface area contributed by atoms with Gasteiger partial charge in [0.15, 0.2) is 0 Å². The van der Waals surface area contributed by atoms with E-state index >= 15 is 0 Å². The van der Waals surface area contributed by atoms with Crippen molar-refractivity contribution in [1.82, 2.24) is 0 Å². The Balaban J connectivity index is 2.92. The zero-order chi connectivity index (χ0) is 22.9. The number of esters is 2. The summed E-state index contributed by atoms with van der Waals surface area (Å²) in [7, 11) is 0. The average molecular weight is 427 g/mol. The molecule has 1 aliphatic rings. The van der Waals surface area contributed by atoms with Gasteiger partial charge in [-0.3, -0.25) is 9.59 Å². The van der Waals surface area contributed by atoms with Crippen molar-refractivity contribution in [2.45, 2.75) is 78.3 Å². The van der Waals surface area contributed by atoms with Gasteiger partial charge in [0.2, 0.25) is 0 Å². The summed E-state index contributed by atoms with van der Waals surface area (Å²) in [6.07, 6.45) is -1.29. The van der Waals surface area contributed by atoms with Crippen molar-refractivity contribution in [1.29, 1.82) is 0 Å². The van der Waals surface area contributed by atoms with E-state index in [1.807, 2.05) is 13.8 Å². The van der Waals surface area contributed by atoms with Gasteiger partial charge >= 0.3 is 11.9 Å². The van der Waals surface area contributed by atoms with Gasteiger partial charge in [-0.25, -0.2) is 0 Å². The van der Waals surface area contributed by atoms with Crippen LogP contribution in [0.1, 0.15) is 54.4 Å². The van der Waals surface area contributed by atoms with E-state index in [9.17, 15) is 9.59 Å². The molecule has 7 heteroatoms. The van der Waals surface area contributed by atoms with Crippen LogP contribution >= 0.6 is 0 Å². The van der Waals surface area contributed by atoms with Gasteiger partial charge in [-0.2, -0.15) is 0 Å². The maximum Gasteiger partial charge on any atom is 0.309 e. The third kappa shape index (κ3) is 10.4. The highest BCUT2D eigenvalue weighted by Crippen LogP contribution is 2.22. The SMILES string of the molecule is C=C(C)CO[C@H]1[C@H](C)OC(=O)[C@@H](CC(=O)OC(C)(C)C)CCOC[C@@H]1OCC(=C)C. The summed E-state index contributed by atoms with van der Waals surface area (Å²) in [5.41, 5.74) is 1.09. The van der Waals surface area contributed by atoms with Crippen molar-refractivity contribution in [3.63, 3.8) is 0 Å². The summed E-state index contributed by atoms with van der Waals surface area (Å²) in [4.78, 5) is 25.0. The zero-order valence-corrected chi connectivity index (χ0v) is 19.3. The second kappa shape index (κ2) is 12.2. The number of carbonyl (C=O) groups is 2.